The first-order valence-corrected chi connectivity index (χ1v) is 11.3. The second-order valence-corrected chi connectivity index (χ2v) is 7.79. The fourth-order valence-corrected chi connectivity index (χ4v) is 3.35. The van der Waals surface area contributed by atoms with Crippen molar-refractivity contribution in [3.8, 4) is 0 Å². The molecule has 0 saturated heterocycles. The average molecular weight is 390 g/mol. The number of halogens is 1. The van der Waals surface area contributed by atoms with E-state index in [0.717, 1.165) is 19.3 Å². The van der Waals surface area contributed by atoms with Crippen LogP contribution in [0.3, 0.4) is 0 Å². The van der Waals surface area contributed by atoms with Gasteiger partial charge < -0.3 is 15.5 Å². The van der Waals surface area contributed by atoms with E-state index in [-0.39, 0.29) is 12.3 Å². The van der Waals surface area contributed by atoms with Crippen LogP contribution in [0.5, 0.6) is 0 Å². The Bertz CT molecular complexity index is 342. The van der Waals surface area contributed by atoms with Gasteiger partial charge in [0.2, 0.25) is 5.91 Å². The largest absolute Gasteiger partial charge is 0.394 e. The van der Waals surface area contributed by atoms with Crippen molar-refractivity contribution in [3.63, 3.8) is 0 Å². The van der Waals surface area contributed by atoms with Crippen LogP contribution >= 0.6 is 0 Å². The molecular weight excluding hydrogens is 345 g/mol. The maximum atomic E-state index is 14.2. The van der Waals surface area contributed by atoms with Crippen LogP contribution in [0.4, 0.5) is 4.39 Å². The Morgan fingerprint density at radius 1 is 0.852 bits per heavy atom. The summed E-state index contributed by atoms with van der Waals surface area (Å²) in [7, 11) is 0. The van der Waals surface area contributed by atoms with E-state index in [2.05, 4.69) is 12.2 Å². The summed E-state index contributed by atoms with van der Waals surface area (Å²) in [6.45, 7) is 3.66. The minimum atomic E-state index is -1.41. The van der Waals surface area contributed by atoms with Gasteiger partial charge in [-0.25, -0.2) is 4.39 Å². The molecule has 0 heterocycles. The van der Waals surface area contributed by atoms with Gasteiger partial charge in [-0.3, -0.25) is 4.79 Å². The maximum absolute atomic E-state index is 14.2. The number of carbonyl (C=O) groups is 1. The van der Waals surface area contributed by atoms with E-state index in [4.69, 9.17) is 0 Å². The van der Waals surface area contributed by atoms with Gasteiger partial charge >= 0.3 is 0 Å². The molecule has 0 spiro atoms. The predicted octanol–water partition coefficient (Wildman–Crippen LogP) is 5.05. The Morgan fingerprint density at radius 2 is 1.33 bits per heavy atom. The lowest BCUT2D eigenvalue weighted by Gasteiger charge is -2.25. The second-order valence-electron chi connectivity index (χ2n) is 7.79. The van der Waals surface area contributed by atoms with E-state index < -0.39 is 24.9 Å². The van der Waals surface area contributed by atoms with Gasteiger partial charge in [-0.05, 0) is 12.8 Å². The Balaban J connectivity index is 3.65. The summed E-state index contributed by atoms with van der Waals surface area (Å²) in [5.41, 5.74) is 0. The highest BCUT2D eigenvalue weighted by molar-refractivity contribution is 5.76. The fraction of sp³-hybridized carbons (Fsp3) is 0.955. The molecular formula is C22H44FNO3. The first-order valence-electron chi connectivity index (χ1n) is 11.3. The van der Waals surface area contributed by atoms with Crippen molar-refractivity contribution in [2.75, 3.05) is 6.61 Å². The smallest absolute Gasteiger partial charge is 0.220 e. The number of nitrogens with one attached hydrogen (secondary N) is 1. The van der Waals surface area contributed by atoms with E-state index in [0.29, 0.717) is 12.8 Å². The van der Waals surface area contributed by atoms with Crippen LogP contribution in [0.1, 0.15) is 110 Å². The van der Waals surface area contributed by atoms with Gasteiger partial charge in [0.1, 0.15) is 12.3 Å². The van der Waals surface area contributed by atoms with Crippen LogP contribution in [0.2, 0.25) is 0 Å². The van der Waals surface area contributed by atoms with Crippen LogP contribution in [0, 0.1) is 0 Å². The molecule has 162 valence electrons. The van der Waals surface area contributed by atoms with Gasteiger partial charge in [0.05, 0.1) is 12.6 Å². The lowest BCUT2D eigenvalue weighted by molar-refractivity contribution is -0.123. The number of hydrogen-bond donors (Lipinski definition) is 3. The lowest BCUT2D eigenvalue weighted by atomic mass is 10.00. The Morgan fingerprint density at radius 3 is 1.78 bits per heavy atom. The number of carbonyl (C=O) groups excluding carboxylic acids is 1. The molecule has 4 nitrogen and oxygen atoms in total. The Kier molecular flexibility index (Phi) is 18.2. The lowest BCUT2D eigenvalue weighted by Crippen LogP contribution is -2.49. The summed E-state index contributed by atoms with van der Waals surface area (Å²) in [4.78, 5) is 11.6. The van der Waals surface area contributed by atoms with Crippen molar-refractivity contribution in [2.45, 2.75) is 128 Å². The van der Waals surface area contributed by atoms with Gasteiger partial charge in [-0.1, -0.05) is 90.9 Å². The first-order chi connectivity index (χ1) is 13.1. The zero-order valence-corrected chi connectivity index (χ0v) is 17.7. The minimum Gasteiger partial charge on any atom is -0.394 e. The quantitative estimate of drug-likeness (QED) is 0.271. The van der Waals surface area contributed by atoms with Gasteiger partial charge in [0.15, 0.2) is 0 Å². The number of rotatable bonds is 19. The van der Waals surface area contributed by atoms with E-state index >= 15 is 0 Å². The molecule has 3 atom stereocenters. The number of aliphatic hydroxyl groups is 2. The molecule has 1 amide bonds. The number of hydrogen-bond acceptors (Lipinski definition) is 3. The highest BCUT2D eigenvalue weighted by atomic mass is 19.1. The third kappa shape index (κ3) is 15.0. The van der Waals surface area contributed by atoms with Gasteiger partial charge in [0.25, 0.3) is 0 Å². The van der Waals surface area contributed by atoms with Crippen molar-refractivity contribution in [1.29, 1.82) is 0 Å². The second kappa shape index (κ2) is 18.7. The predicted molar refractivity (Wildman–Crippen MR) is 111 cm³/mol. The molecule has 0 aromatic heterocycles. The first kappa shape index (κ1) is 26.3. The van der Waals surface area contributed by atoms with Crippen molar-refractivity contribution in [1.82, 2.24) is 5.32 Å². The van der Waals surface area contributed by atoms with Gasteiger partial charge in [0, 0.05) is 6.42 Å². The van der Waals surface area contributed by atoms with E-state index in [1.54, 1.807) is 0 Å². The standard InChI is InChI=1S/C22H44FNO3/c1-3-5-6-7-8-9-10-11-12-13-14-15-17-19(23)22(27)20(18-25)24-21(26)16-4-2/h19-20,22,25,27H,3-18H2,1-2H3,(H,24,26)/t19-,20-,22+/m1/s1. The molecule has 0 bridgehead atoms. The highest BCUT2D eigenvalue weighted by Crippen LogP contribution is 2.16. The molecule has 0 aliphatic heterocycles. The Labute approximate surface area is 166 Å². The summed E-state index contributed by atoms with van der Waals surface area (Å²) in [6, 6.07) is -0.920. The van der Waals surface area contributed by atoms with Gasteiger partial charge in [-0.15, -0.1) is 0 Å². The number of amides is 1. The molecule has 0 aromatic rings. The third-order valence-corrected chi connectivity index (χ3v) is 5.14. The van der Waals surface area contributed by atoms with E-state index in [9.17, 15) is 19.4 Å². The zero-order chi connectivity index (χ0) is 20.3. The highest BCUT2D eigenvalue weighted by Gasteiger charge is 2.28. The number of unbranched alkanes of at least 4 members (excludes halogenated alkanes) is 11. The molecule has 0 unspecified atom stereocenters. The summed E-state index contributed by atoms with van der Waals surface area (Å²) in [5, 5.41) is 21.8. The molecule has 5 heteroatoms. The fourth-order valence-electron chi connectivity index (χ4n) is 3.35. The van der Waals surface area contributed by atoms with Crippen LogP contribution in [-0.4, -0.2) is 41.0 Å². The van der Waals surface area contributed by atoms with Crippen molar-refractivity contribution in [2.24, 2.45) is 0 Å². The molecule has 0 aromatic carbocycles. The zero-order valence-electron chi connectivity index (χ0n) is 17.7. The van der Waals surface area contributed by atoms with Crippen LogP contribution < -0.4 is 5.32 Å². The van der Waals surface area contributed by atoms with Crippen LogP contribution in [0.15, 0.2) is 0 Å². The molecule has 0 saturated carbocycles. The van der Waals surface area contributed by atoms with E-state index in [1.165, 1.54) is 57.8 Å². The van der Waals surface area contributed by atoms with Crippen LogP contribution in [-0.2, 0) is 4.79 Å². The summed E-state index contributed by atoms with van der Waals surface area (Å²) in [6.07, 6.45) is 13.1. The Hall–Kier alpha value is -0.680. The summed E-state index contributed by atoms with van der Waals surface area (Å²) >= 11 is 0. The number of aliphatic hydroxyl groups excluding tert-OH is 2. The molecule has 3 N–H and O–H groups in total. The molecule has 0 radical (unpaired) electrons. The van der Waals surface area contributed by atoms with Crippen molar-refractivity contribution >= 4 is 5.91 Å². The number of alkyl halides is 1. The van der Waals surface area contributed by atoms with Gasteiger partial charge in [-0.2, -0.15) is 0 Å². The normalized spacial score (nSPS) is 14.7. The topological polar surface area (TPSA) is 69.6 Å². The minimum absolute atomic E-state index is 0.256. The summed E-state index contributed by atoms with van der Waals surface area (Å²) < 4.78 is 14.2. The van der Waals surface area contributed by atoms with Crippen LogP contribution in [0.25, 0.3) is 0 Å². The maximum Gasteiger partial charge on any atom is 0.220 e. The van der Waals surface area contributed by atoms with E-state index in [1.807, 2.05) is 6.92 Å². The molecule has 27 heavy (non-hydrogen) atoms. The van der Waals surface area contributed by atoms with Crippen molar-refractivity contribution < 1.29 is 19.4 Å². The molecule has 0 aliphatic rings. The molecule has 0 fully saturated rings. The monoisotopic (exact) mass is 389 g/mol. The molecule has 0 rings (SSSR count). The SMILES string of the molecule is CCCCCCCCCCCCCC[C@@H](F)[C@H](O)[C@@H](CO)NC(=O)CCC. The van der Waals surface area contributed by atoms with Crippen molar-refractivity contribution in [3.05, 3.63) is 0 Å². The summed E-state index contributed by atoms with van der Waals surface area (Å²) in [5.74, 6) is -0.256. The average Bonchev–Trinajstić information content (AvgIpc) is 2.66. The molecule has 0 aliphatic carbocycles. The third-order valence-electron chi connectivity index (χ3n) is 5.14.